The molecule has 0 amide bonds. The number of aryl methyl sites for hydroxylation is 1. The number of halogens is 2. The smallest absolute Gasteiger partial charge is 0.160 e. The molecule has 0 bridgehead atoms. The molecule has 0 aliphatic rings. The van der Waals surface area contributed by atoms with E-state index < -0.39 is 11.6 Å². The number of aromatic nitrogens is 1. The van der Waals surface area contributed by atoms with Crippen molar-refractivity contribution in [3.05, 3.63) is 53.9 Å². The monoisotopic (exact) mass is 250 g/mol. The van der Waals surface area contributed by atoms with E-state index in [2.05, 4.69) is 16.8 Å². The molecule has 18 heavy (non-hydrogen) atoms. The summed E-state index contributed by atoms with van der Waals surface area (Å²) < 4.78 is 27.9. The first-order chi connectivity index (χ1) is 8.70. The molecule has 0 aliphatic carbocycles. The molecule has 0 unspecified atom stereocenters. The molecule has 2 rings (SSSR count). The highest BCUT2D eigenvalue weighted by Gasteiger charge is 2.03. The van der Waals surface area contributed by atoms with Crippen molar-refractivity contribution in [2.75, 3.05) is 5.32 Å². The van der Waals surface area contributed by atoms with Crippen molar-refractivity contribution in [1.82, 2.24) is 4.57 Å². The predicted octanol–water partition coefficient (Wildman–Crippen LogP) is 3.79. The standard InChI is InChI=1S/C14H16F2N2/c1-2-7-18-8-3-4-12(18)10-17-11-5-6-13(15)14(16)9-11/h3-6,8-9,17H,2,7,10H2,1H3. The van der Waals surface area contributed by atoms with Crippen molar-refractivity contribution in [3.8, 4) is 0 Å². The molecule has 1 aromatic heterocycles. The average Bonchev–Trinajstić information content (AvgIpc) is 2.79. The van der Waals surface area contributed by atoms with Crippen LogP contribution in [-0.4, -0.2) is 4.57 Å². The third-order valence-corrected chi connectivity index (χ3v) is 2.78. The van der Waals surface area contributed by atoms with E-state index in [1.807, 2.05) is 18.3 Å². The molecule has 0 spiro atoms. The van der Waals surface area contributed by atoms with Gasteiger partial charge >= 0.3 is 0 Å². The first kappa shape index (κ1) is 12.6. The Morgan fingerprint density at radius 1 is 1.17 bits per heavy atom. The van der Waals surface area contributed by atoms with Crippen LogP contribution in [0.15, 0.2) is 36.5 Å². The lowest BCUT2D eigenvalue weighted by Crippen LogP contribution is -2.07. The lowest BCUT2D eigenvalue weighted by atomic mass is 10.3. The van der Waals surface area contributed by atoms with Crippen LogP contribution < -0.4 is 5.32 Å². The molecule has 0 fully saturated rings. The molecule has 1 heterocycles. The van der Waals surface area contributed by atoms with E-state index >= 15 is 0 Å². The van der Waals surface area contributed by atoms with E-state index in [-0.39, 0.29) is 0 Å². The van der Waals surface area contributed by atoms with Gasteiger partial charge in [0, 0.05) is 30.2 Å². The maximum absolute atomic E-state index is 13.0. The number of nitrogens with zero attached hydrogens (tertiary/aromatic N) is 1. The lowest BCUT2D eigenvalue weighted by Gasteiger charge is -2.10. The first-order valence-electron chi connectivity index (χ1n) is 6.03. The van der Waals surface area contributed by atoms with Gasteiger partial charge in [-0.05, 0) is 30.7 Å². The molecule has 2 aromatic rings. The van der Waals surface area contributed by atoms with Crippen molar-refractivity contribution in [2.45, 2.75) is 26.4 Å². The minimum atomic E-state index is -0.830. The van der Waals surface area contributed by atoms with Gasteiger partial charge in [-0.25, -0.2) is 8.78 Å². The number of anilines is 1. The summed E-state index contributed by atoms with van der Waals surface area (Å²) >= 11 is 0. The van der Waals surface area contributed by atoms with Gasteiger partial charge in [-0.1, -0.05) is 6.92 Å². The Balaban J connectivity index is 2.02. The first-order valence-corrected chi connectivity index (χ1v) is 6.03. The SMILES string of the molecule is CCCn1cccc1CNc1ccc(F)c(F)c1. The summed E-state index contributed by atoms with van der Waals surface area (Å²) in [6.07, 6.45) is 3.08. The zero-order chi connectivity index (χ0) is 13.0. The van der Waals surface area contributed by atoms with Gasteiger partial charge < -0.3 is 9.88 Å². The van der Waals surface area contributed by atoms with E-state index in [0.717, 1.165) is 24.7 Å². The molecule has 0 saturated carbocycles. The van der Waals surface area contributed by atoms with Gasteiger partial charge in [0.1, 0.15) is 0 Å². The summed E-state index contributed by atoms with van der Waals surface area (Å²) in [5.74, 6) is -1.65. The fourth-order valence-electron chi connectivity index (χ4n) is 1.87. The normalized spacial score (nSPS) is 10.6. The Morgan fingerprint density at radius 2 is 2.00 bits per heavy atom. The van der Waals surface area contributed by atoms with Gasteiger partial charge in [0.25, 0.3) is 0 Å². The second-order valence-electron chi connectivity index (χ2n) is 4.18. The summed E-state index contributed by atoms with van der Waals surface area (Å²) in [6, 6.07) is 7.83. The molecule has 0 radical (unpaired) electrons. The van der Waals surface area contributed by atoms with Crippen LogP contribution in [0.25, 0.3) is 0 Å². The molecule has 1 N–H and O–H groups in total. The molecule has 96 valence electrons. The minimum Gasteiger partial charge on any atom is -0.379 e. The van der Waals surface area contributed by atoms with Crippen LogP contribution >= 0.6 is 0 Å². The maximum atomic E-state index is 13.0. The number of hydrogen-bond donors (Lipinski definition) is 1. The molecule has 0 atom stereocenters. The van der Waals surface area contributed by atoms with E-state index in [4.69, 9.17) is 0 Å². The number of nitrogens with one attached hydrogen (secondary N) is 1. The van der Waals surface area contributed by atoms with Gasteiger partial charge in [0.2, 0.25) is 0 Å². The van der Waals surface area contributed by atoms with Crippen molar-refractivity contribution < 1.29 is 8.78 Å². The highest BCUT2D eigenvalue weighted by molar-refractivity contribution is 5.43. The van der Waals surface area contributed by atoms with Crippen molar-refractivity contribution >= 4 is 5.69 Å². The third-order valence-electron chi connectivity index (χ3n) is 2.78. The summed E-state index contributed by atoms with van der Waals surface area (Å²) in [6.45, 7) is 3.67. The van der Waals surface area contributed by atoms with E-state index in [1.165, 1.54) is 12.1 Å². The molecular weight excluding hydrogens is 234 g/mol. The van der Waals surface area contributed by atoms with Crippen molar-refractivity contribution in [1.29, 1.82) is 0 Å². The van der Waals surface area contributed by atoms with Crippen LogP contribution in [0, 0.1) is 11.6 Å². The summed E-state index contributed by atoms with van der Waals surface area (Å²) in [5.41, 5.74) is 1.71. The van der Waals surface area contributed by atoms with Gasteiger partial charge in [-0.3, -0.25) is 0 Å². The summed E-state index contributed by atoms with van der Waals surface area (Å²) in [5, 5.41) is 3.09. The Labute approximate surface area is 105 Å². The van der Waals surface area contributed by atoms with E-state index in [1.54, 1.807) is 0 Å². The topological polar surface area (TPSA) is 17.0 Å². The van der Waals surface area contributed by atoms with Crippen LogP contribution in [0.3, 0.4) is 0 Å². The fraction of sp³-hybridized carbons (Fsp3) is 0.286. The lowest BCUT2D eigenvalue weighted by molar-refractivity contribution is 0.509. The highest BCUT2D eigenvalue weighted by Crippen LogP contribution is 2.14. The number of benzene rings is 1. The molecule has 0 aliphatic heterocycles. The highest BCUT2D eigenvalue weighted by atomic mass is 19.2. The van der Waals surface area contributed by atoms with Crippen molar-refractivity contribution in [3.63, 3.8) is 0 Å². The molecule has 2 nitrogen and oxygen atoms in total. The summed E-state index contributed by atoms with van der Waals surface area (Å²) in [7, 11) is 0. The summed E-state index contributed by atoms with van der Waals surface area (Å²) in [4.78, 5) is 0. The van der Waals surface area contributed by atoms with Crippen LogP contribution in [0.4, 0.5) is 14.5 Å². The number of rotatable bonds is 5. The molecule has 0 saturated heterocycles. The van der Waals surface area contributed by atoms with Gasteiger partial charge in [-0.2, -0.15) is 0 Å². The third kappa shape index (κ3) is 2.88. The van der Waals surface area contributed by atoms with Gasteiger partial charge in [-0.15, -0.1) is 0 Å². The van der Waals surface area contributed by atoms with Crippen molar-refractivity contribution in [2.24, 2.45) is 0 Å². The fourth-order valence-corrected chi connectivity index (χ4v) is 1.87. The van der Waals surface area contributed by atoms with E-state index in [9.17, 15) is 8.78 Å². The van der Waals surface area contributed by atoms with Crippen LogP contribution in [-0.2, 0) is 13.1 Å². The molecule has 4 heteroatoms. The average molecular weight is 250 g/mol. The zero-order valence-electron chi connectivity index (χ0n) is 10.3. The van der Waals surface area contributed by atoms with Gasteiger partial charge in [0.05, 0.1) is 6.54 Å². The van der Waals surface area contributed by atoms with Crippen LogP contribution in [0.1, 0.15) is 19.0 Å². The largest absolute Gasteiger partial charge is 0.379 e. The quantitative estimate of drug-likeness (QED) is 0.854. The minimum absolute atomic E-state index is 0.582. The second-order valence-corrected chi connectivity index (χ2v) is 4.18. The Kier molecular flexibility index (Phi) is 3.97. The van der Waals surface area contributed by atoms with Crippen LogP contribution in [0.5, 0.6) is 0 Å². The maximum Gasteiger partial charge on any atom is 0.160 e. The Hall–Kier alpha value is -1.84. The second kappa shape index (κ2) is 5.67. The Morgan fingerprint density at radius 3 is 2.72 bits per heavy atom. The molecular formula is C14H16F2N2. The number of hydrogen-bond acceptors (Lipinski definition) is 1. The Bertz CT molecular complexity index is 520. The van der Waals surface area contributed by atoms with Crippen LogP contribution in [0.2, 0.25) is 0 Å². The molecule has 1 aromatic carbocycles. The predicted molar refractivity (Wildman–Crippen MR) is 68.4 cm³/mol. The van der Waals surface area contributed by atoms with E-state index in [0.29, 0.717) is 12.2 Å². The van der Waals surface area contributed by atoms with Gasteiger partial charge in [0.15, 0.2) is 11.6 Å². The zero-order valence-corrected chi connectivity index (χ0v) is 10.3.